The van der Waals surface area contributed by atoms with Gasteiger partial charge >= 0.3 is 0 Å². The van der Waals surface area contributed by atoms with Gasteiger partial charge in [-0.15, -0.1) is 0 Å². The quantitative estimate of drug-likeness (QED) is 0.845. The maximum absolute atomic E-state index is 11.8. The van der Waals surface area contributed by atoms with Crippen molar-refractivity contribution in [1.29, 1.82) is 0 Å². The van der Waals surface area contributed by atoms with Gasteiger partial charge in [0.05, 0.1) is 5.75 Å². The molecule has 0 saturated carbocycles. The van der Waals surface area contributed by atoms with Crippen LogP contribution >= 0.6 is 0 Å². The van der Waals surface area contributed by atoms with E-state index in [2.05, 4.69) is 5.32 Å². The molecule has 0 aromatic heterocycles. The minimum atomic E-state index is -3.44. The average Bonchev–Trinajstić information content (AvgIpc) is 2.27. The van der Waals surface area contributed by atoms with Gasteiger partial charge in [-0.2, -0.15) is 0 Å². The lowest BCUT2D eigenvalue weighted by Crippen LogP contribution is -2.36. The van der Waals surface area contributed by atoms with Gasteiger partial charge in [-0.1, -0.05) is 30.3 Å². The zero-order valence-corrected chi connectivity index (χ0v) is 10.1. The molecule has 1 amide bonds. The Hall–Kier alpha value is -1.36. The Balaban J connectivity index is 2.84. The molecule has 0 radical (unpaired) electrons. The molecule has 0 saturated heterocycles. The molecule has 5 heteroatoms. The summed E-state index contributed by atoms with van der Waals surface area (Å²) in [7, 11) is -2.01. The molecule has 1 N–H and O–H groups in total. The van der Waals surface area contributed by atoms with E-state index in [-0.39, 0.29) is 5.75 Å². The highest BCUT2D eigenvalue weighted by Crippen LogP contribution is 2.11. The summed E-state index contributed by atoms with van der Waals surface area (Å²) in [6.07, 6.45) is 0. The number of hydrogen-bond acceptors (Lipinski definition) is 3. The summed E-state index contributed by atoms with van der Waals surface area (Å²) in [5, 5.41) is 1.32. The Morgan fingerprint density at radius 2 is 1.88 bits per heavy atom. The van der Waals surface area contributed by atoms with E-state index < -0.39 is 21.0 Å². The lowest BCUT2D eigenvalue weighted by Gasteiger charge is -2.11. The van der Waals surface area contributed by atoms with Crippen LogP contribution in [-0.2, 0) is 20.4 Å². The number of nitrogens with one attached hydrogen (secondary N) is 1. The normalized spacial score (nSPS) is 13.1. The third kappa shape index (κ3) is 3.06. The van der Waals surface area contributed by atoms with E-state index in [4.69, 9.17) is 0 Å². The predicted octanol–water partition coefficient (Wildman–Crippen LogP) is 0.736. The second-order valence-corrected chi connectivity index (χ2v) is 5.87. The van der Waals surface area contributed by atoms with Crippen molar-refractivity contribution in [2.75, 3.05) is 7.05 Å². The fraction of sp³-hybridized carbons (Fsp3) is 0.364. The molecular weight excluding hydrogens is 226 g/mol. The largest absolute Gasteiger partial charge is 0.358 e. The Morgan fingerprint density at radius 1 is 1.31 bits per heavy atom. The smallest absolute Gasteiger partial charge is 0.237 e. The molecule has 0 spiro atoms. The van der Waals surface area contributed by atoms with Crippen LogP contribution in [0.5, 0.6) is 0 Å². The number of amides is 1. The SMILES string of the molecule is CNC(=O)[C@@H](C)S(=O)(=O)Cc1ccccc1. The van der Waals surface area contributed by atoms with E-state index in [0.29, 0.717) is 5.56 Å². The summed E-state index contributed by atoms with van der Waals surface area (Å²) >= 11 is 0. The molecule has 0 unspecified atom stereocenters. The molecule has 0 aliphatic carbocycles. The summed E-state index contributed by atoms with van der Waals surface area (Å²) in [4.78, 5) is 11.3. The Morgan fingerprint density at radius 3 is 2.38 bits per heavy atom. The van der Waals surface area contributed by atoms with Crippen LogP contribution in [-0.4, -0.2) is 26.6 Å². The lowest BCUT2D eigenvalue weighted by atomic mass is 10.2. The van der Waals surface area contributed by atoms with Gasteiger partial charge in [0.1, 0.15) is 5.25 Å². The third-order valence-electron chi connectivity index (χ3n) is 2.36. The maximum atomic E-state index is 11.8. The topological polar surface area (TPSA) is 63.2 Å². The molecule has 0 bridgehead atoms. The first kappa shape index (κ1) is 12.7. The molecule has 88 valence electrons. The Kier molecular flexibility index (Phi) is 4.06. The molecule has 0 aliphatic rings. The zero-order valence-electron chi connectivity index (χ0n) is 9.30. The van der Waals surface area contributed by atoms with Gasteiger partial charge in [-0.25, -0.2) is 8.42 Å². The first-order chi connectivity index (χ1) is 7.47. The number of benzene rings is 1. The molecule has 0 fully saturated rings. The van der Waals surface area contributed by atoms with Gasteiger partial charge in [0.25, 0.3) is 0 Å². The predicted molar refractivity (Wildman–Crippen MR) is 62.6 cm³/mol. The van der Waals surface area contributed by atoms with Crippen molar-refractivity contribution in [2.24, 2.45) is 0 Å². The standard InChI is InChI=1S/C11H15NO3S/c1-9(11(13)12-2)16(14,15)8-10-6-4-3-5-7-10/h3-7,9H,8H2,1-2H3,(H,12,13)/t9-/m1/s1. The number of hydrogen-bond donors (Lipinski definition) is 1. The van der Waals surface area contributed by atoms with Crippen LogP contribution in [0.4, 0.5) is 0 Å². The van der Waals surface area contributed by atoms with Gasteiger partial charge < -0.3 is 5.32 Å². The fourth-order valence-electron chi connectivity index (χ4n) is 1.30. The van der Waals surface area contributed by atoms with Crippen LogP contribution in [0.1, 0.15) is 12.5 Å². The highest BCUT2D eigenvalue weighted by molar-refractivity contribution is 7.92. The van der Waals surface area contributed by atoms with Crippen molar-refractivity contribution in [1.82, 2.24) is 5.32 Å². The second kappa shape index (κ2) is 5.12. The van der Waals surface area contributed by atoms with E-state index in [1.807, 2.05) is 6.07 Å². The Bertz CT molecular complexity index is 453. The number of carbonyl (C=O) groups excluding carboxylic acids is 1. The van der Waals surface area contributed by atoms with Crippen LogP contribution in [0.3, 0.4) is 0 Å². The second-order valence-electron chi connectivity index (χ2n) is 3.55. The molecule has 1 rings (SSSR count). The summed E-state index contributed by atoms with van der Waals surface area (Å²) in [5.41, 5.74) is 0.693. The van der Waals surface area contributed by atoms with Gasteiger partial charge in [-0.3, -0.25) is 4.79 Å². The van der Waals surface area contributed by atoms with Crippen LogP contribution < -0.4 is 5.32 Å². The molecule has 1 atom stereocenters. The monoisotopic (exact) mass is 241 g/mol. The summed E-state index contributed by atoms with van der Waals surface area (Å²) in [6.45, 7) is 1.40. The first-order valence-electron chi connectivity index (χ1n) is 4.94. The molecule has 4 nitrogen and oxygen atoms in total. The highest BCUT2D eigenvalue weighted by atomic mass is 32.2. The molecule has 16 heavy (non-hydrogen) atoms. The Labute approximate surface area is 95.6 Å². The van der Waals surface area contributed by atoms with Crippen LogP contribution in [0, 0.1) is 0 Å². The molecule has 0 aliphatic heterocycles. The van der Waals surface area contributed by atoms with E-state index in [9.17, 15) is 13.2 Å². The van der Waals surface area contributed by atoms with Crippen molar-refractivity contribution >= 4 is 15.7 Å². The van der Waals surface area contributed by atoms with Gasteiger partial charge in [-0.05, 0) is 12.5 Å². The van der Waals surface area contributed by atoms with Crippen LogP contribution in [0.2, 0.25) is 0 Å². The maximum Gasteiger partial charge on any atom is 0.237 e. The first-order valence-corrected chi connectivity index (χ1v) is 6.66. The van der Waals surface area contributed by atoms with E-state index in [0.717, 1.165) is 0 Å². The molecular formula is C11H15NO3S. The fourth-order valence-corrected chi connectivity index (χ4v) is 2.65. The van der Waals surface area contributed by atoms with Crippen LogP contribution in [0.15, 0.2) is 30.3 Å². The number of carbonyl (C=O) groups is 1. The van der Waals surface area contributed by atoms with Crippen molar-refractivity contribution < 1.29 is 13.2 Å². The lowest BCUT2D eigenvalue weighted by molar-refractivity contribution is -0.119. The summed E-state index contributed by atoms with van der Waals surface area (Å²) < 4.78 is 23.7. The van der Waals surface area contributed by atoms with Crippen molar-refractivity contribution in [2.45, 2.75) is 17.9 Å². The van der Waals surface area contributed by atoms with Gasteiger partial charge in [0, 0.05) is 7.05 Å². The van der Waals surface area contributed by atoms with E-state index >= 15 is 0 Å². The minimum Gasteiger partial charge on any atom is -0.358 e. The van der Waals surface area contributed by atoms with Crippen molar-refractivity contribution in [3.8, 4) is 0 Å². The average molecular weight is 241 g/mol. The van der Waals surface area contributed by atoms with Crippen molar-refractivity contribution in [3.63, 3.8) is 0 Å². The number of rotatable bonds is 4. The van der Waals surface area contributed by atoms with Gasteiger partial charge in [0.2, 0.25) is 5.91 Å². The van der Waals surface area contributed by atoms with Crippen LogP contribution in [0.25, 0.3) is 0 Å². The molecule has 1 aromatic carbocycles. The minimum absolute atomic E-state index is 0.109. The molecule has 0 heterocycles. The van der Waals surface area contributed by atoms with Crippen molar-refractivity contribution in [3.05, 3.63) is 35.9 Å². The van der Waals surface area contributed by atoms with E-state index in [1.165, 1.54) is 14.0 Å². The summed E-state index contributed by atoms with van der Waals surface area (Å²) in [5.74, 6) is -0.585. The van der Waals surface area contributed by atoms with E-state index in [1.54, 1.807) is 24.3 Å². The zero-order chi connectivity index (χ0) is 12.2. The third-order valence-corrected chi connectivity index (χ3v) is 4.39. The highest BCUT2D eigenvalue weighted by Gasteiger charge is 2.27. The molecule has 1 aromatic rings. The number of sulfone groups is 1. The summed E-state index contributed by atoms with van der Waals surface area (Å²) in [6, 6.07) is 8.82. The van der Waals surface area contributed by atoms with Gasteiger partial charge in [0.15, 0.2) is 9.84 Å².